The summed E-state index contributed by atoms with van der Waals surface area (Å²) < 4.78 is 7.86. The fraction of sp³-hybridized carbons (Fsp3) is 0.350. The summed E-state index contributed by atoms with van der Waals surface area (Å²) in [6, 6.07) is 14.3. The van der Waals surface area contributed by atoms with Crippen LogP contribution in [0.5, 0.6) is 5.75 Å². The van der Waals surface area contributed by atoms with Gasteiger partial charge < -0.3 is 14.4 Å². The quantitative estimate of drug-likeness (QED) is 0.784. The molecule has 4 nitrogen and oxygen atoms in total. The number of imidazole rings is 1. The Kier molecular flexibility index (Phi) is 3.98. The third kappa shape index (κ3) is 2.89. The van der Waals surface area contributed by atoms with E-state index < -0.39 is 6.10 Å². The molecule has 1 aliphatic rings. The predicted octanol–water partition coefficient (Wildman–Crippen LogP) is 3.27. The summed E-state index contributed by atoms with van der Waals surface area (Å²) in [5.41, 5.74) is 4.83. The van der Waals surface area contributed by atoms with Crippen molar-refractivity contribution in [2.24, 2.45) is 0 Å². The van der Waals surface area contributed by atoms with Crippen LogP contribution in [0.4, 0.5) is 0 Å². The van der Waals surface area contributed by atoms with E-state index in [1.165, 1.54) is 24.0 Å². The van der Waals surface area contributed by atoms with Crippen molar-refractivity contribution in [2.45, 2.75) is 38.8 Å². The Morgan fingerprint density at radius 2 is 2.00 bits per heavy atom. The van der Waals surface area contributed by atoms with Crippen molar-refractivity contribution < 1.29 is 9.84 Å². The Balaban J connectivity index is 1.43. The first-order chi connectivity index (χ1) is 11.7. The van der Waals surface area contributed by atoms with Crippen LogP contribution in [0, 0.1) is 6.92 Å². The van der Waals surface area contributed by atoms with E-state index in [9.17, 15) is 5.11 Å². The molecule has 2 aromatic carbocycles. The van der Waals surface area contributed by atoms with Gasteiger partial charge in [0.1, 0.15) is 24.3 Å². The van der Waals surface area contributed by atoms with Gasteiger partial charge in [0.05, 0.1) is 17.6 Å². The molecule has 0 saturated carbocycles. The van der Waals surface area contributed by atoms with Gasteiger partial charge in [-0.25, -0.2) is 4.98 Å². The van der Waals surface area contributed by atoms with Crippen LogP contribution in [-0.4, -0.2) is 27.4 Å². The predicted molar refractivity (Wildman–Crippen MR) is 94.4 cm³/mol. The van der Waals surface area contributed by atoms with Gasteiger partial charge in [0.15, 0.2) is 0 Å². The number of para-hydroxylation sites is 2. The van der Waals surface area contributed by atoms with Crippen LogP contribution in [0.25, 0.3) is 11.0 Å². The molecule has 4 heteroatoms. The van der Waals surface area contributed by atoms with Crippen LogP contribution in [0.15, 0.2) is 42.5 Å². The molecule has 1 heterocycles. The number of hydrogen-bond donors (Lipinski definition) is 1. The Labute approximate surface area is 141 Å². The minimum Gasteiger partial charge on any atom is -0.491 e. The van der Waals surface area contributed by atoms with Gasteiger partial charge in [-0.15, -0.1) is 0 Å². The maximum Gasteiger partial charge on any atom is 0.119 e. The molecule has 1 atom stereocenters. The molecule has 0 amide bonds. The summed E-state index contributed by atoms with van der Waals surface area (Å²) in [6.45, 7) is 2.73. The van der Waals surface area contributed by atoms with Gasteiger partial charge in [0.25, 0.3) is 0 Å². The summed E-state index contributed by atoms with van der Waals surface area (Å²) in [7, 11) is 0. The number of hydrogen-bond acceptors (Lipinski definition) is 3. The highest BCUT2D eigenvalue weighted by Gasteiger charge is 2.14. The Morgan fingerprint density at radius 1 is 1.17 bits per heavy atom. The number of aromatic nitrogens is 2. The molecule has 1 N–H and O–H groups in total. The Bertz CT molecular complexity index is 869. The van der Waals surface area contributed by atoms with Gasteiger partial charge in [-0.05, 0) is 61.6 Å². The minimum atomic E-state index is -0.574. The highest BCUT2D eigenvalue weighted by atomic mass is 16.5. The summed E-state index contributed by atoms with van der Waals surface area (Å²) >= 11 is 0. The molecular formula is C20H22N2O2. The summed E-state index contributed by atoms with van der Waals surface area (Å²) in [6.07, 6.45) is 2.96. The molecule has 0 fully saturated rings. The molecule has 0 aliphatic heterocycles. The van der Waals surface area contributed by atoms with Gasteiger partial charge >= 0.3 is 0 Å². The van der Waals surface area contributed by atoms with Crippen molar-refractivity contribution in [3.8, 4) is 5.75 Å². The van der Waals surface area contributed by atoms with Crippen LogP contribution in [-0.2, 0) is 19.4 Å². The van der Waals surface area contributed by atoms with Crippen LogP contribution in [0.3, 0.4) is 0 Å². The van der Waals surface area contributed by atoms with Crippen LogP contribution in [0.1, 0.15) is 23.4 Å². The van der Waals surface area contributed by atoms with Crippen LogP contribution < -0.4 is 4.74 Å². The number of nitrogens with zero attached hydrogens (tertiary/aromatic N) is 2. The molecular weight excluding hydrogens is 300 g/mol. The van der Waals surface area contributed by atoms with E-state index >= 15 is 0 Å². The number of ether oxygens (including phenoxy) is 1. The minimum absolute atomic E-state index is 0.282. The lowest BCUT2D eigenvalue weighted by molar-refractivity contribution is 0.0929. The van der Waals surface area contributed by atoms with E-state index in [0.717, 1.165) is 29.0 Å². The first kappa shape index (κ1) is 15.2. The fourth-order valence-electron chi connectivity index (χ4n) is 3.52. The van der Waals surface area contributed by atoms with Gasteiger partial charge in [0, 0.05) is 0 Å². The lowest BCUT2D eigenvalue weighted by atomic mass is 10.1. The van der Waals surface area contributed by atoms with Crippen molar-refractivity contribution in [3.05, 3.63) is 59.4 Å². The normalized spacial score (nSPS) is 14.8. The second-order valence-corrected chi connectivity index (χ2v) is 6.51. The van der Waals surface area contributed by atoms with Crippen LogP contribution >= 0.6 is 0 Å². The van der Waals surface area contributed by atoms with E-state index in [4.69, 9.17) is 4.74 Å². The molecule has 0 spiro atoms. The SMILES string of the molecule is Cc1nc2ccccc2n1C[C@H](O)COc1ccc2c(c1)CCC2. The van der Waals surface area contributed by atoms with Crippen molar-refractivity contribution in [1.82, 2.24) is 9.55 Å². The number of aryl methyl sites for hydroxylation is 3. The lowest BCUT2D eigenvalue weighted by Gasteiger charge is -2.15. The molecule has 1 aliphatic carbocycles. The second kappa shape index (κ2) is 6.29. The van der Waals surface area contributed by atoms with E-state index in [0.29, 0.717) is 6.54 Å². The van der Waals surface area contributed by atoms with Crippen molar-refractivity contribution in [3.63, 3.8) is 0 Å². The van der Waals surface area contributed by atoms with Gasteiger partial charge in [0.2, 0.25) is 0 Å². The van der Waals surface area contributed by atoms with Gasteiger partial charge in [-0.2, -0.15) is 0 Å². The summed E-state index contributed by atoms with van der Waals surface area (Å²) in [5, 5.41) is 10.4. The summed E-state index contributed by atoms with van der Waals surface area (Å²) in [4.78, 5) is 4.53. The highest BCUT2D eigenvalue weighted by Crippen LogP contribution is 2.26. The van der Waals surface area contributed by atoms with Crippen molar-refractivity contribution in [2.75, 3.05) is 6.61 Å². The zero-order valence-corrected chi connectivity index (χ0v) is 13.9. The molecule has 4 rings (SSSR count). The average molecular weight is 322 g/mol. The molecule has 1 aromatic heterocycles. The lowest BCUT2D eigenvalue weighted by Crippen LogP contribution is -2.24. The molecule has 0 bridgehead atoms. The maximum atomic E-state index is 10.4. The van der Waals surface area contributed by atoms with E-state index in [-0.39, 0.29) is 6.61 Å². The Hall–Kier alpha value is -2.33. The van der Waals surface area contributed by atoms with Gasteiger partial charge in [-0.3, -0.25) is 0 Å². The molecule has 3 aromatic rings. The summed E-state index contributed by atoms with van der Waals surface area (Å²) in [5.74, 6) is 1.76. The molecule has 0 radical (unpaired) electrons. The van der Waals surface area contributed by atoms with Crippen molar-refractivity contribution >= 4 is 11.0 Å². The first-order valence-electron chi connectivity index (χ1n) is 8.55. The fourth-order valence-corrected chi connectivity index (χ4v) is 3.52. The molecule has 124 valence electrons. The van der Waals surface area contributed by atoms with E-state index in [2.05, 4.69) is 17.1 Å². The maximum absolute atomic E-state index is 10.4. The van der Waals surface area contributed by atoms with Gasteiger partial charge in [-0.1, -0.05) is 18.2 Å². The number of aliphatic hydroxyl groups is 1. The highest BCUT2D eigenvalue weighted by molar-refractivity contribution is 5.75. The van der Waals surface area contributed by atoms with Crippen molar-refractivity contribution in [1.29, 1.82) is 0 Å². The Morgan fingerprint density at radius 3 is 2.92 bits per heavy atom. The van der Waals surface area contributed by atoms with E-state index in [1.807, 2.05) is 41.8 Å². The number of benzene rings is 2. The molecule has 0 unspecified atom stereocenters. The zero-order valence-electron chi connectivity index (χ0n) is 13.9. The third-order valence-electron chi connectivity index (χ3n) is 4.75. The number of fused-ring (bicyclic) bond motifs is 2. The zero-order chi connectivity index (χ0) is 16.5. The molecule has 0 saturated heterocycles. The molecule has 24 heavy (non-hydrogen) atoms. The second-order valence-electron chi connectivity index (χ2n) is 6.51. The topological polar surface area (TPSA) is 47.3 Å². The average Bonchev–Trinajstić information content (AvgIpc) is 3.17. The largest absolute Gasteiger partial charge is 0.491 e. The van der Waals surface area contributed by atoms with E-state index in [1.54, 1.807) is 0 Å². The third-order valence-corrected chi connectivity index (χ3v) is 4.75. The number of rotatable bonds is 5. The monoisotopic (exact) mass is 322 g/mol. The number of aliphatic hydroxyl groups excluding tert-OH is 1. The van der Waals surface area contributed by atoms with Crippen LogP contribution in [0.2, 0.25) is 0 Å². The standard InChI is InChI=1S/C20H22N2O2/c1-14-21-19-7-2-3-8-20(19)22(14)12-17(23)13-24-18-10-9-15-5-4-6-16(15)11-18/h2-3,7-11,17,23H,4-6,12-13H2,1H3/t17-/m0/s1. The smallest absolute Gasteiger partial charge is 0.119 e. The first-order valence-corrected chi connectivity index (χ1v) is 8.55.